The lowest BCUT2D eigenvalue weighted by Gasteiger charge is -2.29. The Hall–Kier alpha value is -3.86. The van der Waals surface area contributed by atoms with E-state index in [4.69, 9.17) is 4.74 Å². The highest BCUT2D eigenvalue weighted by atomic mass is 16.5. The van der Waals surface area contributed by atoms with Crippen molar-refractivity contribution in [1.82, 2.24) is 0 Å². The molecule has 1 aliphatic rings. The van der Waals surface area contributed by atoms with Gasteiger partial charge in [-0.3, -0.25) is 9.59 Å². The largest absolute Gasteiger partial charge is 0.481 e. The Labute approximate surface area is 175 Å². The second-order valence-corrected chi connectivity index (χ2v) is 7.17. The molecule has 3 aromatic carbocycles. The molecule has 4 rings (SSSR count). The van der Waals surface area contributed by atoms with Gasteiger partial charge in [-0.05, 0) is 36.3 Å². The molecule has 0 saturated carbocycles. The molecule has 0 fully saturated rings. The quantitative estimate of drug-likeness (QED) is 0.641. The molecule has 2 amide bonds. The lowest BCUT2D eigenvalue weighted by Crippen LogP contribution is -2.38. The fourth-order valence-electron chi connectivity index (χ4n) is 3.25. The maximum Gasteiger partial charge on any atom is 0.265 e. The molecule has 0 aliphatic carbocycles. The minimum atomic E-state index is -0.233. The Morgan fingerprint density at radius 3 is 2.60 bits per heavy atom. The van der Waals surface area contributed by atoms with E-state index in [1.54, 1.807) is 29.2 Å². The first-order chi connectivity index (χ1) is 14.6. The molecule has 5 nitrogen and oxygen atoms in total. The van der Waals surface area contributed by atoms with Crippen LogP contribution in [0, 0.1) is 6.92 Å². The van der Waals surface area contributed by atoms with Crippen LogP contribution in [0.15, 0.2) is 78.9 Å². The van der Waals surface area contributed by atoms with E-state index < -0.39 is 0 Å². The number of benzene rings is 3. The first kappa shape index (κ1) is 19.5. The first-order valence-electron chi connectivity index (χ1n) is 9.75. The Morgan fingerprint density at radius 2 is 1.83 bits per heavy atom. The maximum absolute atomic E-state index is 12.4. The van der Waals surface area contributed by atoms with Crippen molar-refractivity contribution in [3.63, 3.8) is 0 Å². The average molecular weight is 398 g/mol. The average Bonchev–Trinajstić information content (AvgIpc) is 2.76. The van der Waals surface area contributed by atoms with Crippen molar-refractivity contribution in [3.05, 3.63) is 95.6 Å². The molecule has 0 spiro atoms. The summed E-state index contributed by atoms with van der Waals surface area (Å²) in [5, 5.41) is 2.84. The summed E-state index contributed by atoms with van der Waals surface area (Å²) in [6.07, 6.45) is 3.26. The molecule has 0 unspecified atom stereocenters. The second kappa shape index (κ2) is 8.66. The summed E-state index contributed by atoms with van der Waals surface area (Å²) >= 11 is 0. The SMILES string of the molecule is Cc1ccc(/C=C/C(=O)Nc2ccc3c(c2)OCC(=O)N3Cc2ccccc2)cc1. The molecule has 1 N–H and O–H groups in total. The van der Waals surface area contributed by atoms with Crippen LogP contribution in [0.2, 0.25) is 0 Å². The summed E-state index contributed by atoms with van der Waals surface area (Å²) in [7, 11) is 0. The van der Waals surface area contributed by atoms with Crippen LogP contribution in [-0.4, -0.2) is 18.4 Å². The van der Waals surface area contributed by atoms with Gasteiger partial charge in [0.25, 0.3) is 5.91 Å². The van der Waals surface area contributed by atoms with Crippen LogP contribution in [0.4, 0.5) is 11.4 Å². The lowest BCUT2D eigenvalue weighted by atomic mass is 10.1. The van der Waals surface area contributed by atoms with Gasteiger partial charge in [0.1, 0.15) is 5.75 Å². The first-order valence-corrected chi connectivity index (χ1v) is 9.75. The maximum atomic E-state index is 12.4. The number of hydrogen-bond donors (Lipinski definition) is 1. The third-order valence-electron chi connectivity index (χ3n) is 4.86. The molecule has 3 aromatic rings. The van der Waals surface area contributed by atoms with Crippen LogP contribution >= 0.6 is 0 Å². The Bertz CT molecular complexity index is 1090. The number of nitrogens with zero attached hydrogens (tertiary/aromatic N) is 1. The zero-order chi connectivity index (χ0) is 20.9. The zero-order valence-electron chi connectivity index (χ0n) is 16.7. The number of carbonyl (C=O) groups excluding carboxylic acids is 2. The van der Waals surface area contributed by atoms with E-state index in [2.05, 4.69) is 5.32 Å². The molecule has 0 bridgehead atoms. The highest BCUT2D eigenvalue weighted by molar-refractivity contribution is 6.03. The predicted octanol–water partition coefficient (Wildman–Crippen LogP) is 4.57. The molecule has 0 radical (unpaired) electrons. The third-order valence-corrected chi connectivity index (χ3v) is 4.86. The molecule has 1 heterocycles. The normalized spacial score (nSPS) is 13.1. The molecule has 0 saturated heterocycles. The molecular formula is C25H22N2O3. The lowest BCUT2D eigenvalue weighted by molar-refractivity contribution is -0.121. The van der Waals surface area contributed by atoms with Gasteiger partial charge >= 0.3 is 0 Å². The standard InChI is InChI=1S/C25H22N2O3/c1-18-7-9-19(10-8-18)11-14-24(28)26-21-12-13-22-23(15-21)30-17-25(29)27(22)16-20-5-3-2-4-6-20/h2-15H,16-17H2,1H3,(H,26,28)/b14-11+. The topological polar surface area (TPSA) is 58.6 Å². The van der Waals surface area contributed by atoms with E-state index >= 15 is 0 Å². The van der Waals surface area contributed by atoms with Crippen molar-refractivity contribution in [3.8, 4) is 5.75 Å². The van der Waals surface area contributed by atoms with Crippen LogP contribution in [-0.2, 0) is 16.1 Å². The summed E-state index contributed by atoms with van der Waals surface area (Å²) in [6.45, 7) is 2.47. The molecular weight excluding hydrogens is 376 g/mol. The Balaban J connectivity index is 1.47. The van der Waals surface area contributed by atoms with Crippen LogP contribution in [0.3, 0.4) is 0 Å². The fourth-order valence-corrected chi connectivity index (χ4v) is 3.25. The van der Waals surface area contributed by atoms with Crippen LogP contribution in [0.25, 0.3) is 6.08 Å². The van der Waals surface area contributed by atoms with Crippen molar-refractivity contribution in [1.29, 1.82) is 0 Å². The van der Waals surface area contributed by atoms with Crippen molar-refractivity contribution >= 4 is 29.3 Å². The van der Waals surface area contributed by atoms with Crippen molar-refractivity contribution < 1.29 is 14.3 Å². The summed E-state index contributed by atoms with van der Waals surface area (Å²) in [4.78, 5) is 26.4. The van der Waals surface area contributed by atoms with Crippen LogP contribution in [0.1, 0.15) is 16.7 Å². The number of fused-ring (bicyclic) bond motifs is 1. The number of amides is 2. The number of carbonyl (C=O) groups is 2. The van der Waals surface area contributed by atoms with Gasteiger partial charge in [-0.15, -0.1) is 0 Å². The number of nitrogens with one attached hydrogen (secondary N) is 1. The number of ether oxygens (including phenoxy) is 1. The molecule has 30 heavy (non-hydrogen) atoms. The molecule has 1 aliphatic heterocycles. The molecule has 0 aromatic heterocycles. The number of rotatable bonds is 5. The number of anilines is 2. The molecule has 150 valence electrons. The number of aryl methyl sites for hydroxylation is 1. The highest BCUT2D eigenvalue weighted by Gasteiger charge is 2.25. The van der Waals surface area contributed by atoms with E-state index in [0.29, 0.717) is 23.7 Å². The highest BCUT2D eigenvalue weighted by Crippen LogP contribution is 2.35. The van der Waals surface area contributed by atoms with Crippen molar-refractivity contribution in [2.24, 2.45) is 0 Å². The second-order valence-electron chi connectivity index (χ2n) is 7.17. The summed E-state index contributed by atoms with van der Waals surface area (Å²) in [6, 6.07) is 23.1. The van der Waals surface area contributed by atoms with Gasteiger partial charge in [0.15, 0.2) is 6.61 Å². The summed E-state index contributed by atoms with van der Waals surface area (Å²) < 4.78 is 5.61. The zero-order valence-corrected chi connectivity index (χ0v) is 16.7. The van der Waals surface area contributed by atoms with Crippen LogP contribution in [0.5, 0.6) is 5.75 Å². The van der Waals surface area contributed by atoms with E-state index in [1.807, 2.05) is 61.5 Å². The van der Waals surface area contributed by atoms with E-state index in [9.17, 15) is 9.59 Å². The van der Waals surface area contributed by atoms with Crippen LogP contribution < -0.4 is 15.0 Å². The third kappa shape index (κ3) is 4.58. The fraction of sp³-hybridized carbons (Fsp3) is 0.120. The molecule has 0 atom stereocenters. The number of hydrogen-bond acceptors (Lipinski definition) is 3. The minimum absolute atomic E-state index is 0.0233. The van der Waals surface area contributed by atoms with Gasteiger partial charge in [-0.2, -0.15) is 0 Å². The minimum Gasteiger partial charge on any atom is -0.481 e. The summed E-state index contributed by atoms with van der Waals surface area (Å²) in [5.74, 6) is 0.249. The van der Waals surface area contributed by atoms with E-state index in [0.717, 1.165) is 11.1 Å². The van der Waals surface area contributed by atoms with E-state index in [-0.39, 0.29) is 18.4 Å². The van der Waals surface area contributed by atoms with E-state index in [1.165, 1.54) is 11.6 Å². The van der Waals surface area contributed by atoms with Crippen molar-refractivity contribution in [2.45, 2.75) is 13.5 Å². The monoisotopic (exact) mass is 398 g/mol. The predicted molar refractivity (Wildman–Crippen MR) is 118 cm³/mol. The molecule has 5 heteroatoms. The van der Waals surface area contributed by atoms with Gasteiger partial charge in [0.2, 0.25) is 5.91 Å². The van der Waals surface area contributed by atoms with Gasteiger partial charge in [0.05, 0.1) is 12.2 Å². The Morgan fingerprint density at radius 1 is 1.07 bits per heavy atom. The van der Waals surface area contributed by atoms with Gasteiger partial charge < -0.3 is 15.0 Å². The van der Waals surface area contributed by atoms with Gasteiger partial charge in [-0.1, -0.05) is 60.2 Å². The summed E-state index contributed by atoms with van der Waals surface area (Å²) in [5.41, 5.74) is 4.48. The van der Waals surface area contributed by atoms with Crippen molar-refractivity contribution in [2.75, 3.05) is 16.8 Å². The van der Waals surface area contributed by atoms with Gasteiger partial charge in [0, 0.05) is 17.8 Å². The smallest absolute Gasteiger partial charge is 0.265 e. The van der Waals surface area contributed by atoms with Gasteiger partial charge in [-0.25, -0.2) is 0 Å². The Kier molecular flexibility index (Phi) is 5.61.